The number of aromatic nitrogens is 4. The smallest absolute Gasteiger partial charge is 0.272 e. The van der Waals surface area contributed by atoms with Crippen molar-refractivity contribution in [2.45, 2.75) is 49.8 Å². The Morgan fingerprint density at radius 2 is 1.93 bits per heavy atom. The average Bonchev–Trinajstić information content (AvgIpc) is 3.61. The van der Waals surface area contributed by atoms with E-state index in [1.165, 1.54) is 19.6 Å². The first-order valence-corrected chi connectivity index (χ1v) is 14.6. The Kier molecular flexibility index (Phi) is 9.76. The molecule has 5 rings (SSSR count). The Bertz CT molecular complexity index is 1560. The van der Waals surface area contributed by atoms with Gasteiger partial charge in [0.15, 0.2) is 17.3 Å². The first-order valence-electron chi connectivity index (χ1n) is 14.6. The number of likely N-dealkylation sites (tertiary alicyclic amines) is 1. The van der Waals surface area contributed by atoms with E-state index in [2.05, 4.69) is 53.6 Å². The van der Waals surface area contributed by atoms with Crippen LogP contribution in [-0.4, -0.2) is 105 Å². The van der Waals surface area contributed by atoms with E-state index in [-0.39, 0.29) is 53.1 Å². The Labute approximate surface area is 264 Å². The van der Waals surface area contributed by atoms with Gasteiger partial charge in [-0.05, 0) is 57.8 Å². The Morgan fingerprint density at radius 1 is 1.13 bits per heavy atom. The van der Waals surface area contributed by atoms with Gasteiger partial charge in [-0.1, -0.05) is 16.5 Å². The highest BCUT2D eigenvalue weighted by Crippen LogP contribution is 2.37. The molecule has 1 aliphatic carbocycles. The van der Waals surface area contributed by atoms with Gasteiger partial charge in [0.1, 0.15) is 6.42 Å². The molecule has 17 heteroatoms. The first kappa shape index (κ1) is 32.0. The highest BCUT2D eigenvalue weighted by molar-refractivity contribution is 6.60. The number of carbonyl (C=O) groups is 3. The molecular weight excluding hydrogens is 575 g/mol. The number of hydrogen-bond donors (Lipinski definition) is 4. The van der Waals surface area contributed by atoms with Crippen molar-refractivity contribution in [3.63, 3.8) is 0 Å². The van der Waals surface area contributed by atoms with Crippen molar-refractivity contribution in [2.75, 3.05) is 37.9 Å². The number of nitrogens with one attached hydrogen (secondary N) is 4. The van der Waals surface area contributed by atoms with Gasteiger partial charge < -0.3 is 35.4 Å². The molecule has 0 bridgehead atoms. The van der Waals surface area contributed by atoms with Crippen molar-refractivity contribution >= 4 is 58.5 Å². The van der Waals surface area contributed by atoms with Crippen LogP contribution in [0.2, 0.25) is 0 Å². The Morgan fingerprint density at radius 3 is 2.62 bits per heavy atom. The second kappa shape index (κ2) is 13.7. The number of anilines is 3. The molecule has 3 amide bonds. The molecule has 1 saturated heterocycles. The van der Waals surface area contributed by atoms with Gasteiger partial charge in [0, 0.05) is 24.6 Å². The number of ether oxygens (including phenoxy) is 1. The molecule has 6 radical (unpaired) electrons. The molecule has 2 aromatic heterocycles. The summed E-state index contributed by atoms with van der Waals surface area (Å²) < 4.78 is 11.1. The zero-order valence-electron chi connectivity index (χ0n) is 25.1. The number of methoxy groups -OCH3 is 1. The Balaban J connectivity index is 1.33. The zero-order chi connectivity index (χ0) is 32.1. The van der Waals surface area contributed by atoms with Gasteiger partial charge in [-0.3, -0.25) is 14.4 Å². The molecule has 1 aliphatic heterocycles. The summed E-state index contributed by atoms with van der Waals surface area (Å²) in [6, 6.07) is 7.02. The number of amides is 3. The van der Waals surface area contributed by atoms with E-state index in [1.54, 1.807) is 18.2 Å². The third kappa shape index (κ3) is 8.41. The fourth-order valence-corrected chi connectivity index (χ4v) is 5.08. The van der Waals surface area contributed by atoms with Gasteiger partial charge >= 0.3 is 0 Å². The molecule has 1 aromatic carbocycles. The second-order valence-corrected chi connectivity index (χ2v) is 11.3. The standard InChI is InChI=1S/C28H32B3N9O5/c1-40-12-4-5-16(40)10-11-32-21(41)14-22-35-25(39-45-22)17-6-3-7-18(24(17)44-2)33-19-13-20(34-26(42)15-8-9-15)37-38-23(19)27(43)36-28(29,30)31/h3,6-7,13,15-16H,4-5,8-12,14H2,1-2H3,(H,32,41)(H,36,43)(H2,33,34,37,42). The average molecular weight is 607 g/mol. The van der Waals surface area contributed by atoms with Crippen LogP contribution < -0.4 is 26.0 Å². The molecule has 2 aliphatic rings. The summed E-state index contributed by atoms with van der Waals surface area (Å²) in [5, 5.41) is 20.9. The van der Waals surface area contributed by atoms with E-state index in [9.17, 15) is 14.4 Å². The maximum Gasteiger partial charge on any atom is 0.272 e. The minimum Gasteiger partial charge on any atom is -0.494 e. The fraction of sp³-hybridized carbons (Fsp3) is 0.464. The van der Waals surface area contributed by atoms with Crippen LogP contribution >= 0.6 is 0 Å². The van der Waals surface area contributed by atoms with Crippen molar-refractivity contribution < 1.29 is 23.6 Å². The minimum atomic E-state index is -2.02. The highest BCUT2D eigenvalue weighted by Gasteiger charge is 2.30. The van der Waals surface area contributed by atoms with Crippen LogP contribution in [0.3, 0.4) is 0 Å². The lowest BCUT2D eigenvalue weighted by Crippen LogP contribution is -2.50. The summed E-state index contributed by atoms with van der Waals surface area (Å²) in [6.07, 6.45) is 4.70. The predicted molar refractivity (Wildman–Crippen MR) is 167 cm³/mol. The van der Waals surface area contributed by atoms with E-state index in [4.69, 9.17) is 32.8 Å². The lowest BCUT2D eigenvalue weighted by atomic mass is 9.49. The molecule has 1 saturated carbocycles. The summed E-state index contributed by atoms with van der Waals surface area (Å²) in [6.45, 7) is 1.64. The maximum absolute atomic E-state index is 12.9. The lowest BCUT2D eigenvalue weighted by molar-refractivity contribution is -0.121. The van der Waals surface area contributed by atoms with Gasteiger partial charge in [0.05, 0.1) is 47.6 Å². The number of benzene rings is 1. The van der Waals surface area contributed by atoms with Crippen molar-refractivity contribution in [1.29, 1.82) is 0 Å². The monoisotopic (exact) mass is 607 g/mol. The van der Waals surface area contributed by atoms with Crippen molar-refractivity contribution in [3.05, 3.63) is 35.9 Å². The molecule has 14 nitrogen and oxygen atoms in total. The molecule has 228 valence electrons. The van der Waals surface area contributed by atoms with E-state index in [1.807, 2.05) is 0 Å². The summed E-state index contributed by atoms with van der Waals surface area (Å²) >= 11 is 0. The SMILES string of the molecule is [B]C([B])([B])NC(=O)c1nnc(NC(=O)C2CC2)cc1Nc1cccc(-c2noc(CC(=O)NCCC3CCCN3C)n2)c1OC. The molecule has 4 N–H and O–H groups in total. The quantitative estimate of drug-likeness (QED) is 0.201. The number of hydrogen-bond acceptors (Lipinski definition) is 11. The van der Waals surface area contributed by atoms with Crippen molar-refractivity contribution in [3.8, 4) is 17.1 Å². The first-order chi connectivity index (χ1) is 21.5. The molecule has 1 unspecified atom stereocenters. The summed E-state index contributed by atoms with van der Waals surface area (Å²) in [4.78, 5) is 44.5. The summed E-state index contributed by atoms with van der Waals surface area (Å²) in [7, 11) is 20.2. The van der Waals surface area contributed by atoms with Crippen molar-refractivity contribution in [2.24, 2.45) is 5.92 Å². The number of nitrogens with zero attached hydrogens (tertiary/aromatic N) is 5. The third-order valence-electron chi connectivity index (χ3n) is 7.52. The van der Waals surface area contributed by atoms with E-state index in [0.29, 0.717) is 29.6 Å². The van der Waals surface area contributed by atoms with Crippen LogP contribution in [0.4, 0.5) is 17.2 Å². The third-order valence-corrected chi connectivity index (χ3v) is 7.52. The number of para-hydroxylation sites is 1. The van der Waals surface area contributed by atoms with E-state index < -0.39 is 11.1 Å². The topological polar surface area (TPSA) is 176 Å². The maximum atomic E-state index is 12.9. The lowest BCUT2D eigenvalue weighted by Gasteiger charge is -2.23. The molecule has 3 aromatic rings. The van der Waals surface area contributed by atoms with Gasteiger partial charge in [-0.15, -0.1) is 10.2 Å². The van der Waals surface area contributed by atoms with Crippen LogP contribution in [0.1, 0.15) is 48.5 Å². The predicted octanol–water partition coefficient (Wildman–Crippen LogP) is 0.617. The molecule has 0 spiro atoms. The van der Waals surface area contributed by atoms with Gasteiger partial charge in [-0.2, -0.15) is 4.98 Å². The summed E-state index contributed by atoms with van der Waals surface area (Å²) in [5.74, 6) is -0.560. The zero-order valence-corrected chi connectivity index (χ0v) is 25.1. The van der Waals surface area contributed by atoms with Crippen LogP contribution in [0.15, 0.2) is 28.8 Å². The molecular formula is C28H32B3N9O5. The van der Waals surface area contributed by atoms with Crippen LogP contribution in [0.5, 0.6) is 5.75 Å². The normalized spacial score (nSPS) is 16.6. The summed E-state index contributed by atoms with van der Waals surface area (Å²) in [5.41, 5.74) is 0.770. The molecule has 45 heavy (non-hydrogen) atoms. The second-order valence-electron chi connectivity index (χ2n) is 11.3. The highest BCUT2D eigenvalue weighted by atomic mass is 16.5. The van der Waals surface area contributed by atoms with Crippen molar-refractivity contribution in [1.82, 2.24) is 35.9 Å². The molecule has 3 heterocycles. The van der Waals surface area contributed by atoms with Gasteiger partial charge in [0.25, 0.3) is 5.91 Å². The van der Waals surface area contributed by atoms with Gasteiger partial charge in [-0.25, -0.2) is 0 Å². The number of carbonyl (C=O) groups excluding carboxylic acids is 3. The van der Waals surface area contributed by atoms with E-state index >= 15 is 0 Å². The van der Waals surface area contributed by atoms with Crippen LogP contribution in [0, 0.1) is 5.92 Å². The van der Waals surface area contributed by atoms with Crippen LogP contribution in [0.25, 0.3) is 11.4 Å². The van der Waals surface area contributed by atoms with E-state index in [0.717, 1.165) is 32.2 Å². The largest absolute Gasteiger partial charge is 0.494 e. The minimum absolute atomic E-state index is 0.0742. The fourth-order valence-electron chi connectivity index (χ4n) is 5.08. The van der Waals surface area contributed by atoms with Gasteiger partial charge in [0.2, 0.25) is 23.5 Å². The van der Waals surface area contributed by atoms with Crippen LogP contribution in [-0.2, 0) is 16.0 Å². The molecule has 2 fully saturated rings. The number of rotatable bonds is 13. The Hall–Kier alpha value is -4.40. The molecule has 1 atom stereocenters.